The number of phenols is 1. The first kappa shape index (κ1) is 11.9. The Balaban J connectivity index is 2.24. The zero-order valence-corrected chi connectivity index (χ0v) is 11.0. The van der Waals surface area contributed by atoms with Crippen LogP contribution >= 0.6 is 0 Å². The molecule has 0 saturated heterocycles. The molecule has 0 fully saturated rings. The Morgan fingerprint density at radius 1 is 1.14 bits per heavy atom. The van der Waals surface area contributed by atoms with E-state index in [0.717, 1.165) is 0 Å². The van der Waals surface area contributed by atoms with Gasteiger partial charge in [0.15, 0.2) is 22.8 Å². The molecule has 2 aromatic carbocycles. The molecule has 0 aliphatic carbocycles. The fourth-order valence-corrected chi connectivity index (χ4v) is 2.61. The third-order valence-corrected chi connectivity index (χ3v) is 3.52. The number of benzene rings is 2. The minimum Gasteiger partial charge on any atom is -0.504 e. The molecule has 0 amide bonds. The minimum atomic E-state index is -0.566. The Morgan fingerprint density at radius 2 is 1.95 bits per heavy atom. The molecule has 0 atom stereocenters. The monoisotopic (exact) mass is 286 g/mol. The second-order valence-electron chi connectivity index (χ2n) is 4.61. The van der Waals surface area contributed by atoms with Gasteiger partial charge in [-0.05, 0) is 24.3 Å². The van der Waals surface area contributed by atoms with E-state index < -0.39 is 5.63 Å². The van der Waals surface area contributed by atoms with Crippen molar-refractivity contribution in [3.05, 3.63) is 34.7 Å². The Hall–Kier alpha value is -2.89. The van der Waals surface area contributed by atoms with Crippen molar-refractivity contribution >= 4 is 21.7 Å². The summed E-state index contributed by atoms with van der Waals surface area (Å²) in [7, 11) is 1.40. The number of hydrogen-bond donors (Lipinski definition) is 1. The van der Waals surface area contributed by atoms with E-state index in [9.17, 15) is 9.90 Å². The smallest absolute Gasteiger partial charge is 0.348 e. The predicted molar refractivity (Wildman–Crippen MR) is 74.3 cm³/mol. The normalized spacial score (nSPS) is 13.0. The van der Waals surface area contributed by atoms with Gasteiger partial charge < -0.3 is 23.7 Å². The van der Waals surface area contributed by atoms with E-state index in [4.69, 9.17) is 18.6 Å². The van der Waals surface area contributed by atoms with Gasteiger partial charge in [0.1, 0.15) is 5.39 Å². The standard InChI is InChI=1S/C15H10O6/c1-18-13-9(16)4-2-8-7-3-5-10-14(20-6-19-10)11(7)15(17)21-12(8)13/h2-5,16H,6H2,1H3. The number of ether oxygens (including phenoxy) is 3. The molecule has 4 rings (SSSR count). The summed E-state index contributed by atoms with van der Waals surface area (Å²) in [5.74, 6) is 0.937. The van der Waals surface area contributed by atoms with Crippen LogP contribution in [0.3, 0.4) is 0 Å². The third kappa shape index (κ3) is 1.50. The van der Waals surface area contributed by atoms with Gasteiger partial charge in [0.2, 0.25) is 12.5 Å². The molecular weight excluding hydrogens is 276 g/mol. The van der Waals surface area contributed by atoms with Crippen molar-refractivity contribution in [2.45, 2.75) is 0 Å². The van der Waals surface area contributed by atoms with Crippen molar-refractivity contribution in [3.63, 3.8) is 0 Å². The molecule has 1 aliphatic rings. The average Bonchev–Trinajstić information content (AvgIpc) is 2.95. The number of rotatable bonds is 1. The minimum absolute atomic E-state index is 0.0742. The van der Waals surface area contributed by atoms with Gasteiger partial charge in [0.05, 0.1) is 7.11 Å². The van der Waals surface area contributed by atoms with Crippen LogP contribution in [0.5, 0.6) is 23.0 Å². The van der Waals surface area contributed by atoms with E-state index >= 15 is 0 Å². The average molecular weight is 286 g/mol. The summed E-state index contributed by atoms with van der Waals surface area (Å²) in [5.41, 5.74) is -0.363. The molecule has 2 heterocycles. The highest BCUT2D eigenvalue weighted by molar-refractivity contribution is 6.09. The molecular formula is C15H10O6. The van der Waals surface area contributed by atoms with Crippen LogP contribution in [0.25, 0.3) is 21.7 Å². The van der Waals surface area contributed by atoms with Crippen molar-refractivity contribution in [1.29, 1.82) is 0 Å². The Labute approximate surface area is 118 Å². The van der Waals surface area contributed by atoms with Crippen LogP contribution in [0, 0.1) is 0 Å². The number of hydrogen-bond acceptors (Lipinski definition) is 6. The number of methoxy groups -OCH3 is 1. The molecule has 106 valence electrons. The van der Waals surface area contributed by atoms with Crippen molar-refractivity contribution < 1.29 is 23.7 Å². The summed E-state index contributed by atoms with van der Waals surface area (Å²) in [5, 5.41) is 11.4. The van der Waals surface area contributed by atoms with E-state index in [0.29, 0.717) is 27.7 Å². The van der Waals surface area contributed by atoms with Crippen molar-refractivity contribution in [1.82, 2.24) is 0 Å². The molecule has 1 N–H and O–H groups in total. The molecule has 6 heteroatoms. The van der Waals surface area contributed by atoms with E-state index in [1.807, 2.05) is 0 Å². The maximum Gasteiger partial charge on any atom is 0.348 e. The molecule has 0 spiro atoms. The SMILES string of the molecule is COc1c(O)ccc2c1oc(=O)c1c3c(ccc12)OCO3. The first-order valence-electron chi connectivity index (χ1n) is 6.26. The van der Waals surface area contributed by atoms with Crippen LogP contribution in [0.1, 0.15) is 0 Å². The van der Waals surface area contributed by atoms with E-state index in [1.165, 1.54) is 13.2 Å². The van der Waals surface area contributed by atoms with Gasteiger partial charge in [-0.15, -0.1) is 0 Å². The maximum atomic E-state index is 12.3. The Morgan fingerprint density at radius 3 is 2.76 bits per heavy atom. The van der Waals surface area contributed by atoms with Crippen molar-refractivity contribution in [3.8, 4) is 23.0 Å². The maximum absolute atomic E-state index is 12.3. The summed E-state index contributed by atoms with van der Waals surface area (Å²) in [6.45, 7) is 0.0742. The fourth-order valence-electron chi connectivity index (χ4n) is 2.61. The summed E-state index contributed by atoms with van der Waals surface area (Å²) < 4.78 is 21.1. The fraction of sp³-hybridized carbons (Fsp3) is 0.133. The highest BCUT2D eigenvalue weighted by Crippen LogP contribution is 2.42. The van der Waals surface area contributed by atoms with E-state index in [1.54, 1.807) is 18.2 Å². The summed E-state index contributed by atoms with van der Waals surface area (Å²) in [4.78, 5) is 12.3. The molecule has 1 aliphatic heterocycles. The van der Waals surface area contributed by atoms with Gasteiger partial charge in [-0.3, -0.25) is 0 Å². The van der Waals surface area contributed by atoms with Gasteiger partial charge in [-0.25, -0.2) is 4.79 Å². The molecule has 3 aromatic rings. The highest BCUT2D eigenvalue weighted by atomic mass is 16.7. The van der Waals surface area contributed by atoms with Crippen LogP contribution in [-0.4, -0.2) is 19.0 Å². The molecule has 0 radical (unpaired) electrons. The number of phenolic OH excluding ortho intramolecular Hbond substituents is 1. The second-order valence-corrected chi connectivity index (χ2v) is 4.61. The molecule has 0 bridgehead atoms. The highest BCUT2D eigenvalue weighted by Gasteiger charge is 2.23. The van der Waals surface area contributed by atoms with Gasteiger partial charge >= 0.3 is 5.63 Å². The first-order chi connectivity index (χ1) is 10.2. The van der Waals surface area contributed by atoms with Crippen LogP contribution in [0.4, 0.5) is 0 Å². The summed E-state index contributed by atoms with van der Waals surface area (Å²) in [6.07, 6.45) is 0. The zero-order valence-electron chi connectivity index (χ0n) is 11.0. The second kappa shape index (κ2) is 4.05. The van der Waals surface area contributed by atoms with E-state index in [-0.39, 0.29) is 23.9 Å². The van der Waals surface area contributed by atoms with Gasteiger partial charge in [-0.2, -0.15) is 0 Å². The molecule has 21 heavy (non-hydrogen) atoms. The summed E-state index contributed by atoms with van der Waals surface area (Å²) in [6, 6.07) is 6.66. The number of fused-ring (bicyclic) bond motifs is 5. The van der Waals surface area contributed by atoms with Crippen LogP contribution in [0.15, 0.2) is 33.5 Å². The summed E-state index contributed by atoms with van der Waals surface area (Å²) >= 11 is 0. The molecule has 1 aromatic heterocycles. The quantitative estimate of drug-likeness (QED) is 0.546. The lowest BCUT2D eigenvalue weighted by Gasteiger charge is -2.09. The van der Waals surface area contributed by atoms with E-state index in [2.05, 4.69) is 0 Å². The molecule has 0 unspecified atom stereocenters. The predicted octanol–water partition coefficient (Wildman–Crippen LogP) is 2.39. The van der Waals surface area contributed by atoms with Crippen molar-refractivity contribution in [2.24, 2.45) is 0 Å². The zero-order chi connectivity index (χ0) is 14.6. The lowest BCUT2D eigenvalue weighted by atomic mass is 10.1. The van der Waals surface area contributed by atoms with Gasteiger partial charge in [0, 0.05) is 10.8 Å². The van der Waals surface area contributed by atoms with Crippen LogP contribution in [-0.2, 0) is 0 Å². The molecule has 0 saturated carbocycles. The Kier molecular flexibility index (Phi) is 2.29. The van der Waals surface area contributed by atoms with Gasteiger partial charge in [-0.1, -0.05) is 0 Å². The first-order valence-corrected chi connectivity index (χ1v) is 6.26. The van der Waals surface area contributed by atoms with Crippen LogP contribution in [0.2, 0.25) is 0 Å². The largest absolute Gasteiger partial charge is 0.504 e. The van der Waals surface area contributed by atoms with Crippen molar-refractivity contribution in [2.75, 3.05) is 13.9 Å². The third-order valence-electron chi connectivity index (χ3n) is 3.52. The molecule has 6 nitrogen and oxygen atoms in total. The van der Waals surface area contributed by atoms with Crippen LogP contribution < -0.4 is 19.8 Å². The number of aromatic hydroxyl groups is 1. The lowest BCUT2D eigenvalue weighted by Crippen LogP contribution is -2.02. The topological polar surface area (TPSA) is 78.1 Å². The van der Waals surface area contributed by atoms with Gasteiger partial charge in [0.25, 0.3) is 0 Å². The Bertz CT molecular complexity index is 940. The lowest BCUT2D eigenvalue weighted by molar-refractivity contribution is 0.174.